The molecule has 43 heavy (non-hydrogen) atoms. The Hall–Kier alpha value is -4.25. The van der Waals surface area contributed by atoms with Crippen molar-refractivity contribution in [3.8, 4) is 5.75 Å². The van der Waals surface area contributed by atoms with E-state index in [4.69, 9.17) is 28.0 Å². The summed E-state index contributed by atoms with van der Waals surface area (Å²) in [4.78, 5) is 35.1. The van der Waals surface area contributed by atoms with Crippen molar-refractivity contribution in [2.75, 3.05) is 42.1 Å². The predicted molar refractivity (Wildman–Crippen MR) is 167 cm³/mol. The second-order valence-corrected chi connectivity index (χ2v) is 12.2. The molecule has 4 aromatic carbocycles. The van der Waals surface area contributed by atoms with Crippen molar-refractivity contribution >= 4 is 56.4 Å². The molecule has 2 amide bonds. The van der Waals surface area contributed by atoms with Crippen LogP contribution in [-0.4, -0.2) is 57.9 Å². The van der Waals surface area contributed by atoms with Gasteiger partial charge < -0.3 is 20.0 Å². The van der Waals surface area contributed by atoms with E-state index < -0.39 is 15.9 Å². The monoisotopic (exact) mass is 638 g/mol. The fourth-order valence-electron chi connectivity index (χ4n) is 4.53. The fraction of sp³-hybridized carbons (Fsp3) is 0.161. The maximum absolute atomic E-state index is 13.7. The lowest BCUT2D eigenvalue weighted by Gasteiger charge is -2.36. The van der Waals surface area contributed by atoms with Crippen molar-refractivity contribution in [3.05, 3.63) is 119 Å². The number of carbonyl (C=O) groups is 2. The van der Waals surface area contributed by atoms with Crippen molar-refractivity contribution in [3.63, 3.8) is 0 Å². The first-order valence-electron chi connectivity index (χ1n) is 13.4. The summed E-state index contributed by atoms with van der Waals surface area (Å²) in [5.74, 6) is -0.596. The summed E-state index contributed by atoms with van der Waals surface area (Å²) < 4.78 is 28.1. The molecule has 12 heteroatoms. The molecule has 5 rings (SSSR count). The molecule has 0 unspecified atom stereocenters. The van der Waals surface area contributed by atoms with E-state index in [1.54, 1.807) is 35.2 Å². The van der Waals surface area contributed by atoms with Gasteiger partial charge >= 0.3 is 0 Å². The standard InChI is InChI=1S/C31H28Cl2N4O5S/c32-24-13-16-29(28(33)21-24)42-37(26-9-5-2-6-10-26)43(40,41)27-14-11-23(12-15-27)31(39)34-22-30(38)36-19-17-35(18-20-36)25-7-3-1-4-8-25/h1-16,21H,17-20,22H2,(H,34,39). The van der Waals surface area contributed by atoms with E-state index in [2.05, 4.69) is 10.2 Å². The van der Waals surface area contributed by atoms with Gasteiger partial charge in [0.25, 0.3) is 15.9 Å². The lowest BCUT2D eigenvalue weighted by Crippen LogP contribution is -2.51. The smallest absolute Gasteiger partial charge is 0.295 e. The van der Waals surface area contributed by atoms with Gasteiger partial charge in [-0.1, -0.05) is 64.1 Å². The van der Waals surface area contributed by atoms with Crippen LogP contribution in [0.2, 0.25) is 10.0 Å². The van der Waals surface area contributed by atoms with Crippen LogP contribution in [-0.2, 0) is 14.8 Å². The zero-order valence-corrected chi connectivity index (χ0v) is 25.2. The summed E-state index contributed by atoms with van der Waals surface area (Å²) in [6, 6.07) is 28.0. The largest absolute Gasteiger partial charge is 0.368 e. The van der Waals surface area contributed by atoms with Crippen molar-refractivity contribution in [1.29, 1.82) is 0 Å². The number of rotatable bonds is 9. The first kappa shape index (κ1) is 30.2. The number of amides is 2. The molecular weight excluding hydrogens is 611 g/mol. The van der Waals surface area contributed by atoms with E-state index in [1.807, 2.05) is 30.3 Å². The van der Waals surface area contributed by atoms with Gasteiger partial charge in [-0.05, 0) is 66.7 Å². The number of benzene rings is 4. The highest BCUT2D eigenvalue weighted by Gasteiger charge is 2.29. The summed E-state index contributed by atoms with van der Waals surface area (Å²) >= 11 is 12.2. The maximum atomic E-state index is 13.7. The Morgan fingerprint density at radius 2 is 1.44 bits per heavy atom. The zero-order chi connectivity index (χ0) is 30.4. The van der Waals surface area contributed by atoms with E-state index >= 15 is 0 Å². The minimum absolute atomic E-state index is 0.0839. The Labute approximate surface area is 260 Å². The Bertz CT molecular complexity index is 1680. The molecule has 1 saturated heterocycles. The van der Waals surface area contributed by atoms with Crippen LogP contribution in [0.5, 0.6) is 5.75 Å². The van der Waals surface area contributed by atoms with E-state index in [1.165, 1.54) is 42.5 Å². The number of anilines is 2. The van der Waals surface area contributed by atoms with Gasteiger partial charge in [-0.3, -0.25) is 9.59 Å². The number of sulfonamides is 1. The molecule has 1 fully saturated rings. The molecule has 0 saturated carbocycles. The number of para-hydroxylation sites is 2. The summed E-state index contributed by atoms with van der Waals surface area (Å²) in [5.41, 5.74) is 1.55. The van der Waals surface area contributed by atoms with Crippen LogP contribution in [0.1, 0.15) is 10.4 Å². The summed E-state index contributed by atoms with van der Waals surface area (Å²) in [6.07, 6.45) is 0. The van der Waals surface area contributed by atoms with Crippen molar-refractivity contribution in [2.45, 2.75) is 4.90 Å². The van der Waals surface area contributed by atoms with E-state index in [-0.39, 0.29) is 39.4 Å². The summed E-state index contributed by atoms with van der Waals surface area (Å²) in [5, 5.41) is 3.13. The quantitative estimate of drug-likeness (QED) is 0.251. The minimum Gasteiger partial charge on any atom is -0.368 e. The van der Waals surface area contributed by atoms with Gasteiger partial charge in [0.2, 0.25) is 5.91 Å². The Kier molecular flexibility index (Phi) is 9.40. The summed E-state index contributed by atoms with van der Waals surface area (Å²) in [6.45, 7) is 2.34. The van der Waals surface area contributed by atoms with Gasteiger partial charge in [-0.25, -0.2) is 0 Å². The molecule has 9 nitrogen and oxygen atoms in total. The number of halogens is 2. The molecule has 1 N–H and O–H groups in total. The number of nitrogens with one attached hydrogen (secondary N) is 1. The van der Waals surface area contributed by atoms with Crippen molar-refractivity contribution in [2.24, 2.45) is 0 Å². The van der Waals surface area contributed by atoms with Gasteiger partial charge in [0.1, 0.15) is 0 Å². The number of hydrogen-bond donors (Lipinski definition) is 1. The minimum atomic E-state index is -4.26. The topological polar surface area (TPSA) is 99.3 Å². The molecule has 0 bridgehead atoms. The van der Waals surface area contributed by atoms with Crippen LogP contribution >= 0.6 is 23.2 Å². The second kappa shape index (κ2) is 13.4. The van der Waals surface area contributed by atoms with Crippen molar-refractivity contribution < 1.29 is 22.8 Å². The van der Waals surface area contributed by atoms with Crippen LogP contribution in [0.3, 0.4) is 0 Å². The van der Waals surface area contributed by atoms with Crippen LogP contribution < -0.4 is 19.5 Å². The van der Waals surface area contributed by atoms with Gasteiger partial charge in [0, 0.05) is 42.5 Å². The highest BCUT2D eigenvalue weighted by Crippen LogP contribution is 2.32. The van der Waals surface area contributed by atoms with Gasteiger partial charge in [0.15, 0.2) is 5.75 Å². The molecular formula is C31H28Cl2N4O5S. The summed E-state index contributed by atoms with van der Waals surface area (Å²) in [7, 11) is -4.26. The average molecular weight is 640 g/mol. The number of hydrogen-bond acceptors (Lipinski definition) is 6. The number of carbonyl (C=O) groups excluding carboxylic acids is 2. The molecule has 4 aromatic rings. The van der Waals surface area contributed by atoms with E-state index in [0.717, 1.165) is 10.2 Å². The molecule has 0 aliphatic carbocycles. The molecule has 1 aliphatic rings. The SMILES string of the molecule is O=C(NCC(=O)N1CCN(c2ccccc2)CC1)c1ccc(S(=O)(=O)N(Oc2ccc(Cl)cc2Cl)c2ccccc2)cc1. The third kappa shape index (κ3) is 7.22. The third-order valence-corrected chi connectivity index (χ3v) is 8.95. The highest BCUT2D eigenvalue weighted by atomic mass is 35.5. The van der Waals surface area contributed by atoms with E-state index in [0.29, 0.717) is 31.2 Å². The van der Waals surface area contributed by atoms with Gasteiger partial charge in [-0.2, -0.15) is 8.42 Å². The second-order valence-electron chi connectivity index (χ2n) is 9.64. The zero-order valence-electron chi connectivity index (χ0n) is 22.9. The van der Waals surface area contributed by atoms with E-state index in [9.17, 15) is 18.0 Å². The van der Waals surface area contributed by atoms with Crippen molar-refractivity contribution in [1.82, 2.24) is 10.2 Å². The fourth-order valence-corrected chi connectivity index (χ4v) is 6.22. The van der Waals surface area contributed by atoms with Gasteiger partial charge in [0.05, 0.1) is 22.2 Å². The normalized spacial score (nSPS) is 13.3. The lowest BCUT2D eigenvalue weighted by molar-refractivity contribution is -0.130. The Balaban J connectivity index is 1.23. The highest BCUT2D eigenvalue weighted by molar-refractivity contribution is 7.92. The predicted octanol–water partition coefficient (Wildman–Crippen LogP) is 5.26. The van der Waals surface area contributed by atoms with Crippen LogP contribution in [0.4, 0.5) is 11.4 Å². The maximum Gasteiger partial charge on any atom is 0.295 e. The molecule has 0 aromatic heterocycles. The first-order valence-corrected chi connectivity index (χ1v) is 15.6. The molecule has 0 radical (unpaired) electrons. The molecule has 1 heterocycles. The first-order chi connectivity index (χ1) is 20.7. The van der Waals surface area contributed by atoms with Crippen LogP contribution in [0.25, 0.3) is 0 Å². The van der Waals surface area contributed by atoms with Gasteiger partial charge in [-0.15, -0.1) is 0 Å². The average Bonchev–Trinajstić information content (AvgIpc) is 3.04. The Morgan fingerprint density at radius 1 is 0.814 bits per heavy atom. The molecule has 0 atom stereocenters. The lowest BCUT2D eigenvalue weighted by atomic mass is 10.2. The number of nitrogens with zero attached hydrogens (tertiary/aromatic N) is 3. The molecule has 222 valence electrons. The third-order valence-electron chi connectivity index (χ3n) is 6.83. The van der Waals surface area contributed by atoms with Crippen LogP contribution in [0.15, 0.2) is 108 Å². The number of piperazine rings is 1. The Morgan fingerprint density at radius 3 is 2.07 bits per heavy atom. The molecule has 1 aliphatic heterocycles. The van der Waals surface area contributed by atoms with Crippen LogP contribution in [0, 0.1) is 0 Å². The molecule has 0 spiro atoms.